The summed E-state index contributed by atoms with van der Waals surface area (Å²) < 4.78 is 192. The Balaban J connectivity index is 7.16. The highest BCUT2D eigenvalue weighted by Crippen LogP contribution is 2.63. The van der Waals surface area contributed by atoms with Crippen LogP contribution in [0.25, 0.3) is 0 Å². The van der Waals surface area contributed by atoms with Gasteiger partial charge in [0.2, 0.25) is 0 Å². The highest BCUT2D eigenvalue weighted by molar-refractivity contribution is 5.67. The van der Waals surface area contributed by atoms with Crippen LogP contribution in [0, 0.1) is 0 Å². The quantitative estimate of drug-likeness (QED) is 0.472. The zero-order valence-corrected chi connectivity index (χ0v) is 11.5. The molecule has 0 rings (SSSR count). The van der Waals surface area contributed by atoms with Gasteiger partial charge in [0.25, 0.3) is 0 Å². The van der Waals surface area contributed by atoms with E-state index in [9.17, 15) is 70.7 Å². The normalized spacial score (nSPS) is 17.7. The fraction of sp³-hybridized carbons (Fsp3) is 0.889. The zero-order valence-electron chi connectivity index (χ0n) is 11.5. The van der Waals surface area contributed by atoms with Crippen molar-refractivity contribution in [3.63, 3.8) is 0 Å². The molecule has 0 amide bonds. The fourth-order valence-corrected chi connectivity index (χ4v) is 1.45. The molecule has 0 aliphatic rings. The van der Waals surface area contributed by atoms with Crippen molar-refractivity contribution in [1.82, 2.24) is 0 Å². The monoisotopic (exact) mass is 428 g/mol. The van der Waals surface area contributed by atoms with Gasteiger partial charge in [0.05, 0.1) is 0 Å². The largest absolute Gasteiger partial charge is 0.460 e. The Hall–Kier alpha value is -1.58. The molecule has 0 saturated carbocycles. The summed E-state index contributed by atoms with van der Waals surface area (Å²) in [5, 5.41) is 0. The summed E-state index contributed by atoms with van der Waals surface area (Å²) in [6, 6.07) is 0. The second-order valence-corrected chi connectivity index (χ2v) is 4.49. The van der Waals surface area contributed by atoms with Gasteiger partial charge in [-0.25, -0.2) is 4.39 Å². The van der Waals surface area contributed by atoms with E-state index in [0.717, 1.165) is 0 Å². The van der Waals surface area contributed by atoms with Crippen LogP contribution in [0.4, 0.5) is 65.9 Å². The van der Waals surface area contributed by atoms with Crippen LogP contribution in [-0.4, -0.2) is 47.9 Å². The average Bonchev–Trinajstić information content (AvgIpc) is 2.31. The number of alkyl halides is 15. The predicted octanol–water partition coefficient (Wildman–Crippen LogP) is 4.88. The maximum Gasteiger partial charge on any atom is 0.460 e. The number of halogens is 15. The van der Waals surface area contributed by atoms with E-state index in [-0.39, 0.29) is 0 Å². The molecule has 156 valence electrons. The summed E-state index contributed by atoms with van der Waals surface area (Å²) >= 11 is 0. The summed E-state index contributed by atoms with van der Waals surface area (Å²) in [6.07, 6.45) is -23.5. The van der Waals surface area contributed by atoms with Crippen LogP contribution >= 0.6 is 0 Å². The number of carbonyl (C=O) groups excluding carboxylic acids is 1. The van der Waals surface area contributed by atoms with Crippen LogP contribution in [0.1, 0.15) is 6.92 Å². The van der Waals surface area contributed by atoms with E-state index in [1.54, 1.807) is 0 Å². The minimum atomic E-state index is -8.22. The Morgan fingerprint density at radius 1 is 0.577 bits per heavy atom. The molecular formula is C9H3F15O2. The SMILES string of the molecule is CC(=O)OC(F)(C(F)(F)C(F)(F)C(F)(F)F)C(F)(C(F)(F)F)C(F)(F)F. The van der Waals surface area contributed by atoms with Gasteiger partial charge in [-0.2, -0.15) is 61.5 Å². The van der Waals surface area contributed by atoms with E-state index in [0.29, 0.717) is 0 Å². The Morgan fingerprint density at radius 3 is 1.08 bits per heavy atom. The Kier molecular flexibility index (Phi) is 5.60. The molecule has 0 saturated heterocycles. The molecule has 0 aromatic rings. The summed E-state index contributed by atoms with van der Waals surface area (Å²) in [7, 11) is 0. The van der Waals surface area contributed by atoms with E-state index in [1.165, 1.54) is 0 Å². The number of rotatable bonds is 4. The molecule has 0 fully saturated rings. The number of esters is 1. The molecular weight excluding hydrogens is 425 g/mol. The average molecular weight is 428 g/mol. The van der Waals surface area contributed by atoms with Crippen molar-refractivity contribution in [3.8, 4) is 0 Å². The summed E-state index contributed by atoms with van der Waals surface area (Å²) in [5.41, 5.74) is -8.17. The molecule has 1 unspecified atom stereocenters. The first-order valence-corrected chi connectivity index (χ1v) is 5.45. The van der Waals surface area contributed by atoms with Crippen molar-refractivity contribution in [2.75, 3.05) is 0 Å². The van der Waals surface area contributed by atoms with Crippen molar-refractivity contribution in [2.45, 2.75) is 48.8 Å². The molecule has 0 heterocycles. The molecule has 0 spiro atoms. The topological polar surface area (TPSA) is 26.3 Å². The molecule has 0 radical (unpaired) electrons. The molecule has 0 aromatic carbocycles. The van der Waals surface area contributed by atoms with E-state index >= 15 is 0 Å². The van der Waals surface area contributed by atoms with E-state index in [1.807, 2.05) is 0 Å². The van der Waals surface area contributed by atoms with Crippen LogP contribution in [0.15, 0.2) is 0 Å². The van der Waals surface area contributed by atoms with Crippen molar-refractivity contribution < 1.29 is 75.4 Å². The molecule has 26 heavy (non-hydrogen) atoms. The molecule has 0 aliphatic heterocycles. The number of hydrogen-bond donors (Lipinski definition) is 0. The van der Waals surface area contributed by atoms with Crippen molar-refractivity contribution in [3.05, 3.63) is 0 Å². The molecule has 0 aliphatic carbocycles. The third-order valence-electron chi connectivity index (χ3n) is 2.66. The Labute approximate surface area is 131 Å². The summed E-state index contributed by atoms with van der Waals surface area (Å²) in [5.74, 6) is -27.1. The lowest BCUT2D eigenvalue weighted by molar-refractivity contribution is -0.479. The number of hydrogen-bond acceptors (Lipinski definition) is 2. The van der Waals surface area contributed by atoms with Gasteiger partial charge in [-0.3, -0.25) is 4.79 Å². The van der Waals surface area contributed by atoms with Gasteiger partial charge in [0.1, 0.15) is 0 Å². The number of ether oxygens (including phenoxy) is 1. The van der Waals surface area contributed by atoms with Gasteiger partial charge in [-0.1, -0.05) is 0 Å². The lowest BCUT2D eigenvalue weighted by Crippen LogP contribution is -2.77. The van der Waals surface area contributed by atoms with Gasteiger partial charge < -0.3 is 4.74 Å². The fourth-order valence-electron chi connectivity index (χ4n) is 1.45. The third kappa shape index (κ3) is 3.12. The van der Waals surface area contributed by atoms with Gasteiger partial charge in [-0.15, -0.1) is 0 Å². The molecule has 17 heteroatoms. The third-order valence-corrected chi connectivity index (χ3v) is 2.66. The minimum Gasteiger partial charge on any atom is -0.418 e. The standard InChI is InChI=1S/C9H3F15O2/c1-2(25)26-6(15,3(10,7(16,17)18)8(19,20)21)4(11,12)5(13,14)9(22,23)24/h1H3. The first-order valence-electron chi connectivity index (χ1n) is 5.45. The molecule has 1 atom stereocenters. The molecule has 0 aromatic heterocycles. The number of carbonyl (C=O) groups is 1. The van der Waals surface area contributed by atoms with Gasteiger partial charge in [-0.05, 0) is 0 Å². The highest BCUT2D eigenvalue weighted by atomic mass is 19.4. The van der Waals surface area contributed by atoms with Crippen molar-refractivity contribution >= 4 is 5.97 Å². The van der Waals surface area contributed by atoms with E-state index in [4.69, 9.17) is 0 Å². The summed E-state index contributed by atoms with van der Waals surface area (Å²) in [4.78, 5) is 10.4. The van der Waals surface area contributed by atoms with E-state index in [2.05, 4.69) is 4.74 Å². The highest BCUT2D eigenvalue weighted by Gasteiger charge is 2.96. The molecule has 0 bridgehead atoms. The Morgan fingerprint density at radius 2 is 0.885 bits per heavy atom. The second-order valence-electron chi connectivity index (χ2n) is 4.49. The van der Waals surface area contributed by atoms with Crippen LogP contribution in [0.5, 0.6) is 0 Å². The van der Waals surface area contributed by atoms with Crippen LogP contribution < -0.4 is 0 Å². The van der Waals surface area contributed by atoms with Crippen LogP contribution in [0.3, 0.4) is 0 Å². The first kappa shape index (κ1) is 24.4. The van der Waals surface area contributed by atoms with Gasteiger partial charge >= 0.3 is 47.9 Å². The lowest BCUT2D eigenvalue weighted by Gasteiger charge is -2.45. The zero-order chi connectivity index (χ0) is 21.8. The first-order chi connectivity index (χ1) is 10.9. The second kappa shape index (κ2) is 5.97. The smallest absolute Gasteiger partial charge is 0.418 e. The molecule has 0 N–H and O–H groups in total. The molecule has 2 nitrogen and oxygen atoms in total. The minimum absolute atomic E-state index is 0.455. The van der Waals surface area contributed by atoms with Gasteiger partial charge in [0.15, 0.2) is 0 Å². The maximum atomic E-state index is 13.9. The van der Waals surface area contributed by atoms with Crippen LogP contribution in [0.2, 0.25) is 0 Å². The van der Waals surface area contributed by atoms with E-state index < -0.39 is 54.8 Å². The van der Waals surface area contributed by atoms with Crippen LogP contribution in [-0.2, 0) is 9.53 Å². The van der Waals surface area contributed by atoms with Gasteiger partial charge in [0, 0.05) is 6.92 Å². The lowest BCUT2D eigenvalue weighted by atomic mass is 9.85. The van der Waals surface area contributed by atoms with Crippen molar-refractivity contribution in [2.24, 2.45) is 0 Å². The predicted molar refractivity (Wildman–Crippen MR) is 47.5 cm³/mol. The Bertz CT molecular complexity index is 527. The maximum absolute atomic E-state index is 13.9. The van der Waals surface area contributed by atoms with Crippen molar-refractivity contribution in [1.29, 1.82) is 0 Å². The summed E-state index contributed by atoms with van der Waals surface area (Å²) in [6.45, 7) is -0.455.